The van der Waals surface area contributed by atoms with Gasteiger partial charge in [-0.3, -0.25) is 4.79 Å². The molecule has 0 radical (unpaired) electrons. The lowest BCUT2D eigenvalue weighted by Crippen LogP contribution is -2.27. The monoisotopic (exact) mass is 414 g/mol. The van der Waals surface area contributed by atoms with Gasteiger partial charge >= 0.3 is 0 Å². The second-order valence-corrected chi connectivity index (χ2v) is 10.0. The minimum absolute atomic E-state index is 0.0775. The summed E-state index contributed by atoms with van der Waals surface area (Å²) in [5, 5.41) is 1.54. The number of fused-ring (bicyclic) bond motifs is 2. The van der Waals surface area contributed by atoms with E-state index in [0.717, 1.165) is 29.0 Å². The van der Waals surface area contributed by atoms with E-state index in [1.165, 1.54) is 23.1 Å². The summed E-state index contributed by atoms with van der Waals surface area (Å²) in [7, 11) is 0. The first-order chi connectivity index (χ1) is 13.0. The molecular formula is C25H28Cl2O. The van der Waals surface area contributed by atoms with E-state index >= 15 is 0 Å². The Hall–Kier alpha value is -1.57. The molecule has 0 unspecified atom stereocenters. The van der Waals surface area contributed by atoms with E-state index in [0.29, 0.717) is 11.4 Å². The van der Waals surface area contributed by atoms with E-state index in [2.05, 4.69) is 46.4 Å². The number of allylic oxidation sites excluding steroid dienone is 1. The molecule has 0 fully saturated rings. The van der Waals surface area contributed by atoms with Crippen molar-refractivity contribution in [3.05, 3.63) is 75.3 Å². The summed E-state index contributed by atoms with van der Waals surface area (Å²) in [4.78, 5) is 11.6. The number of halogens is 2. The number of ketones is 1. The van der Waals surface area contributed by atoms with Crippen LogP contribution in [0.3, 0.4) is 0 Å². The Morgan fingerprint density at radius 1 is 0.786 bits per heavy atom. The van der Waals surface area contributed by atoms with Crippen molar-refractivity contribution in [2.75, 3.05) is 0 Å². The largest absolute Gasteiger partial charge is 0.294 e. The van der Waals surface area contributed by atoms with Crippen molar-refractivity contribution in [1.82, 2.24) is 0 Å². The molecule has 2 aliphatic rings. The van der Waals surface area contributed by atoms with Crippen LogP contribution in [-0.2, 0) is 10.8 Å². The maximum atomic E-state index is 11.6. The van der Waals surface area contributed by atoms with Gasteiger partial charge in [-0.05, 0) is 82.7 Å². The molecule has 28 heavy (non-hydrogen) atoms. The van der Waals surface area contributed by atoms with Crippen LogP contribution in [0.25, 0.3) is 5.57 Å². The summed E-state index contributed by atoms with van der Waals surface area (Å²) in [6.07, 6.45) is 3.83. The number of hydrogen-bond acceptors (Lipinski definition) is 1. The molecule has 0 N–H and O–H groups in total. The molecule has 0 heterocycles. The number of hydrogen-bond donors (Lipinski definition) is 0. The molecule has 0 atom stereocenters. The van der Waals surface area contributed by atoms with Crippen molar-refractivity contribution in [3.63, 3.8) is 0 Å². The zero-order valence-electron chi connectivity index (χ0n) is 17.2. The minimum atomic E-state index is 0.0775. The molecule has 3 heteroatoms. The predicted octanol–water partition coefficient (Wildman–Crippen LogP) is 8.02. The van der Waals surface area contributed by atoms with Crippen LogP contribution in [0.4, 0.5) is 0 Å². The van der Waals surface area contributed by atoms with Gasteiger partial charge in [0.15, 0.2) is 5.78 Å². The summed E-state index contributed by atoms with van der Waals surface area (Å²) in [6, 6.07) is 11.7. The SMILES string of the molecule is C=C1CCC(C)(C)c2cc(Cl)ccc21.CC1(C)CCC(=O)c2ccc(Cl)cc21. The average Bonchev–Trinajstić information content (AvgIpc) is 2.63. The molecule has 2 aliphatic carbocycles. The van der Waals surface area contributed by atoms with Crippen LogP contribution in [-0.4, -0.2) is 5.78 Å². The van der Waals surface area contributed by atoms with Crippen molar-refractivity contribution >= 4 is 34.6 Å². The fraction of sp³-hybridized carbons (Fsp3) is 0.400. The van der Waals surface area contributed by atoms with Gasteiger partial charge in [0.1, 0.15) is 0 Å². The quantitative estimate of drug-likeness (QED) is 0.426. The van der Waals surface area contributed by atoms with Crippen LogP contribution < -0.4 is 0 Å². The fourth-order valence-electron chi connectivity index (χ4n) is 4.13. The Morgan fingerprint density at radius 2 is 1.25 bits per heavy atom. The van der Waals surface area contributed by atoms with Gasteiger partial charge in [-0.25, -0.2) is 0 Å². The maximum Gasteiger partial charge on any atom is 0.163 e. The smallest absolute Gasteiger partial charge is 0.163 e. The molecule has 2 aromatic carbocycles. The number of benzene rings is 2. The van der Waals surface area contributed by atoms with Crippen molar-refractivity contribution in [2.24, 2.45) is 0 Å². The average molecular weight is 415 g/mol. The normalized spacial score (nSPS) is 19.2. The van der Waals surface area contributed by atoms with Crippen LogP contribution in [0.5, 0.6) is 0 Å². The molecule has 4 rings (SSSR count). The Labute approximate surface area is 178 Å². The van der Waals surface area contributed by atoms with Gasteiger partial charge in [-0.2, -0.15) is 0 Å². The molecule has 0 amide bonds. The summed E-state index contributed by atoms with van der Waals surface area (Å²) in [6.45, 7) is 13.0. The molecule has 0 saturated carbocycles. The lowest BCUT2D eigenvalue weighted by atomic mass is 9.71. The highest BCUT2D eigenvalue weighted by Gasteiger charge is 2.31. The topological polar surface area (TPSA) is 17.1 Å². The van der Waals surface area contributed by atoms with E-state index in [1.54, 1.807) is 6.07 Å². The fourth-order valence-corrected chi connectivity index (χ4v) is 4.48. The Balaban J connectivity index is 0.000000161. The third-order valence-corrected chi connectivity index (χ3v) is 6.60. The van der Waals surface area contributed by atoms with Crippen LogP contribution in [0.2, 0.25) is 10.0 Å². The Kier molecular flexibility index (Phi) is 5.81. The van der Waals surface area contributed by atoms with Gasteiger partial charge in [-0.15, -0.1) is 0 Å². The second-order valence-electron chi connectivity index (χ2n) is 9.17. The first-order valence-electron chi connectivity index (χ1n) is 9.83. The third kappa shape index (κ3) is 4.21. The molecule has 2 aromatic rings. The summed E-state index contributed by atoms with van der Waals surface area (Å²) < 4.78 is 0. The Morgan fingerprint density at radius 3 is 1.82 bits per heavy atom. The van der Waals surface area contributed by atoms with Crippen LogP contribution in [0.1, 0.15) is 80.4 Å². The van der Waals surface area contributed by atoms with Gasteiger partial charge in [-0.1, -0.05) is 63.5 Å². The van der Waals surface area contributed by atoms with E-state index in [9.17, 15) is 4.79 Å². The summed E-state index contributed by atoms with van der Waals surface area (Å²) >= 11 is 12.0. The molecule has 148 valence electrons. The number of carbonyl (C=O) groups is 1. The summed E-state index contributed by atoms with van der Waals surface area (Å²) in [5.74, 6) is 0.246. The molecule has 0 aliphatic heterocycles. The molecule has 0 aromatic heterocycles. The molecule has 0 saturated heterocycles. The van der Waals surface area contributed by atoms with Gasteiger partial charge in [0.05, 0.1) is 0 Å². The van der Waals surface area contributed by atoms with Crippen molar-refractivity contribution in [1.29, 1.82) is 0 Å². The van der Waals surface area contributed by atoms with Gasteiger partial charge in [0.2, 0.25) is 0 Å². The lowest BCUT2D eigenvalue weighted by molar-refractivity contribution is 0.0957. The Bertz CT molecular complexity index is 860. The molecule has 0 spiro atoms. The van der Waals surface area contributed by atoms with E-state index in [1.807, 2.05) is 18.2 Å². The van der Waals surface area contributed by atoms with E-state index in [4.69, 9.17) is 23.2 Å². The molecule has 1 nitrogen and oxygen atoms in total. The van der Waals surface area contributed by atoms with Crippen LogP contribution >= 0.6 is 23.2 Å². The predicted molar refractivity (Wildman–Crippen MR) is 121 cm³/mol. The highest BCUT2D eigenvalue weighted by molar-refractivity contribution is 6.31. The van der Waals surface area contributed by atoms with Gasteiger partial charge in [0.25, 0.3) is 0 Å². The highest BCUT2D eigenvalue weighted by Crippen LogP contribution is 2.42. The second kappa shape index (κ2) is 7.69. The summed E-state index contributed by atoms with van der Waals surface area (Å²) in [5.41, 5.74) is 6.16. The first kappa shape index (κ1) is 21.1. The van der Waals surface area contributed by atoms with Gasteiger partial charge in [0, 0.05) is 22.0 Å². The molecule has 0 bridgehead atoms. The van der Waals surface area contributed by atoms with Crippen LogP contribution in [0.15, 0.2) is 43.0 Å². The van der Waals surface area contributed by atoms with Crippen molar-refractivity contribution < 1.29 is 4.79 Å². The number of carbonyl (C=O) groups excluding carboxylic acids is 1. The lowest BCUT2D eigenvalue weighted by Gasteiger charge is -2.33. The minimum Gasteiger partial charge on any atom is -0.294 e. The van der Waals surface area contributed by atoms with Crippen molar-refractivity contribution in [3.8, 4) is 0 Å². The molecular weight excluding hydrogens is 387 g/mol. The van der Waals surface area contributed by atoms with Gasteiger partial charge < -0.3 is 0 Å². The van der Waals surface area contributed by atoms with Crippen molar-refractivity contribution in [2.45, 2.75) is 64.2 Å². The van der Waals surface area contributed by atoms with E-state index in [-0.39, 0.29) is 16.6 Å². The standard InChI is InChI=1S/C13H15Cl.C12H13ClO/c1-9-6-7-13(2,3)12-8-10(14)4-5-11(9)12;1-12(2)6-5-11(14)9-4-3-8(13)7-10(9)12/h4-5,8H,1,6-7H2,2-3H3;3-4,7H,5-6H2,1-2H3. The zero-order chi connectivity index (χ0) is 20.7. The number of rotatable bonds is 0. The first-order valence-corrected chi connectivity index (χ1v) is 10.6. The maximum absolute atomic E-state index is 11.6. The highest BCUT2D eigenvalue weighted by atomic mass is 35.5. The number of Topliss-reactive ketones (excluding diaryl/α,β-unsaturated/α-hetero) is 1. The van der Waals surface area contributed by atoms with Crippen LogP contribution in [0, 0.1) is 0 Å². The third-order valence-electron chi connectivity index (χ3n) is 6.13. The zero-order valence-corrected chi connectivity index (χ0v) is 18.7. The van der Waals surface area contributed by atoms with E-state index < -0.39 is 0 Å².